The van der Waals surface area contributed by atoms with E-state index in [1.807, 2.05) is 0 Å². The van der Waals surface area contributed by atoms with Gasteiger partial charge in [-0.15, -0.1) is 0 Å². The van der Waals surface area contributed by atoms with Crippen LogP contribution < -0.4 is 0 Å². The first kappa shape index (κ1) is 54.6. The standard InChI is InChI=1S/C50H63F5O9P2/c1-33(2)60-43(57)37-19-27-38(28-20-37)48(42(56)36-21-29-41(51)30-22-36,31-34-15-23-39(24-16-34)49(52,53)65(58,61-44(3,4)5)62-45(6,7)8)32-35-17-25-40(26-18-35)50(54,55)66(59,63-46(9,10)11)64-47(12,13)14/h15-30,33H,31-32H2,1-14H3. The van der Waals surface area contributed by atoms with Crippen LogP contribution in [0.5, 0.6) is 0 Å². The maximum atomic E-state index is 16.5. The molecule has 0 radical (unpaired) electrons. The van der Waals surface area contributed by atoms with Crippen LogP contribution in [-0.2, 0) is 61.5 Å². The van der Waals surface area contributed by atoms with E-state index in [0.29, 0.717) is 16.7 Å². The molecule has 4 aromatic carbocycles. The summed E-state index contributed by atoms with van der Waals surface area (Å²) in [6, 6.07) is 20.4. The van der Waals surface area contributed by atoms with Gasteiger partial charge in [0.1, 0.15) is 5.82 Å². The first-order chi connectivity index (χ1) is 29.9. The Morgan fingerprint density at radius 1 is 0.485 bits per heavy atom. The molecule has 0 saturated heterocycles. The van der Waals surface area contributed by atoms with Gasteiger partial charge in [-0.25, -0.2) is 9.18 Å². The van der Waals surface area contributed by atoms with Crippen LogP contribution in [0, 0.1) is 5.82 Å². The highest BCUT2D eigenvalue weighted by atomic mass is 31.2. The Labute approximate surface area is 386 Å². The van der Waals surface area contributed by atoms with Crippen molar-refractivity contribution >= 4 is 26.9 Å². The SMILES string of the molecule is CC(C)OC(=O)c1ccc(C(Cc2ccc(C(F)(F)P(=O)(OC(C)(C)C)OC(C)(C)C)cc2)(Cc2ccc(C(F)(F)P(=O)(OC(C)(C)C)OC(C)(C)C)cc2)C(=O)c2ccc(F)cc2)cc1. The monoisotopic (exact) mass is 964 g/mol. The largest absolute Gasteiger partial charge is 0.459 e. The fourth-order valence-electron chi connectivity index (χ4n) is 7.01. The molecule has 0 aliphatic carbocycles. The van der Waals surface area contributed by atoms with E-state index in [1.54, 1.807) is 13.8 Å². The third kappa shape index (κ3) is 13.6. The molecule has 0 bridgehead atoms. The molecule has 9 nitrogen and oxygen atoms in total. The molecule has 0 spiro atoms. The van der Waals surface area contributed by atoms with Gasteiger partial charge in [0.25, 0.3) is 0 Å². The quantitative estimate of drug-likeness (QED) is 0.0441. The lowest BCUT2D eigenvalue weighted by atomic mass is 9.67. The fraction of sp³-hybridized carbons (Fsp3) is 0.480. The molecule has 0 atom stereocenters. The number of carbonyl (C=O) groups excluding carboxylic acids is 2. The van der Waals surface area contributed by atoms with Gasteiger partial charge in [-0.1, -0.05) is 60.7 Å². The van der Waals surface area contributed by atoms with Crippen LogP contribution in [-0.4, -0.2) is 40.3 Å². The Bertz CT molecular complexity index is 2260. The molecule has 0 aliphatic rings. The third-order valence-corrected chi connectivity index (χ3v) is 14.5. The number of Topliss-reactive ketones (excluding diaryl/α,β-unsaturated/α-hetero) is 1. The number of hydrogen-bond acceptors (Lipinski definition) is 9. The second-order valence-corrected chi connectivity index (χ2v) is 24.4. The number of esters is 1. The number of halogens is 5. The van der Waals surface area contributed by atoms with Crippen LogP contribution in [0.4, 0.5) is 22.0 Å². The van der Waals surface area contributed by atoms with Crippen molar-refractivity contribution in [2.24, 2.45) is 0 Å². The summed E-state index contributed by atoms with van der Waals surface area (Å²) in [5.74, 6) is -1.82. The first-order valence-corrected chi connectivity index (χ1v) is 24.6. The Morgan fingerprint density at radius 2 is 0.788 bits per heavy atom. The smallest absolute Gasteiger partial charge is 0.405 e. The predicted molar refractivity (Wildman–Crippen MR) is 246 cm³/mol. The molecule has 362 valence electrons. The highest BCUT2D eigenvalue weighted by Gasteiger charge is 2.59. The Balaban J connectivity index is 1.95. The van der Waals surface area contributed by atoms with E-state index in [0.717, 1.165) is 36.4 Å². The fourth-order valence-corrected chi connectivity index (χ4v) is 11.4. The van der Waals surface area contributed by atoms with Crippen molar-refractivity contribution in [3.05, 3.63) is 142 Å². The number of benzene rings is 4. The van der Waals surface area contributed by atoms with E-state index in [-0.39, 0.29) is 24.0 Å². The second kappa shape index (κ2) is 19.5. The average molecular weight is 965 g/mol. The number of ketones is 1. The molecule has 0 N–H and O–H groups in total. The Morgan fingerprint density at radius 3 is 1.09 bits per heavy atom. The van der Waals surface area contributed by atoms with Gasteiger partial charge in [-0.2, -0.15) is 17.6 Å². The maximum absolute atomic E-state index is 16.5. The molecular weight excluding hydrogens is 901 g/mol. The topological polar surface area (TPSA) is 114 Å². The van der Waals surface area contributed by atoms with Crippen molar-refractivity contribution in [1.82, 2.24) is 0 Å². The zero-order valence-corrected chi connectivity index (χ0v) is 42.0. The van der Waals surface area contributed by atoms with Gasteiger partial charge in [0.15, 0.2) is 5.78 Å². The summed E-state index contributed by atoms with van der Waals surface area (Å²) < 4.78 is 136. The van der Waals surface area contributed by atoms with Crippen LogP contribution >= 0.6 is 15.2 Å². The van der Waals surface area contributed by atoms with Gasteiger partial charge < -0.3 is 4.74 Å². The minimum Gasteiger partial charge on any atom is -0.459 e. The minimum absolute atomic E-state index is 0.0604. The molecule has 0 unspecified atom stereocenters. The lowest BCUT2D eigenvalue weighted by Gasteiger charge is -2.36. The van der Waals surface area contributed by atoms with E-state index < -0.39 is 89.1 Å². The highest BCUT2D eigenvalue weighted by molar-refractivity contribution is 7.55. The van der Waals surface area contributed by atoms with E-state index in [4.69, 9.17) is 22.8 Å². The van der Waals surface area contributed by atoms with Crippen molar-refractivity contribution in [3.8, 4) is 0 Å². The molecule has 4 aromatic rings. The number of ether oxygens (including phenoxy) is 1. The molecule has 4 rings (SSSR count). The zero-order chi connectivity index (χ0) is 50.1. The highest BCUT2D eigenvalue weighted by Crippen LogP contribution is 2.71. The van der Waals surface area contributed by atoms with Crippen LogP contribution in [0.3, 0.4) is 0 Å². The van der Waals surface area contributed by atoms with E-state index in [2.05, 4.69) is 0 Å². The van der Waals surface area contributed by atoms with E-state index >= 15 is 22.4 Å². The van der Waals surface area contributed by atoms with E-state index in [9.17, 15) is 18.3 Å². The molecule has 0 heterocycles. The molecule has 0 saturated carbocycles. The predicted octanol–water partition coefficient (Wildman–Crippen LogP) is 14.7. The number of alkyl halides is 4. The molecule has 0 aromatic heterocycles. The molecule has 66 heavy (non-hydrogen) atoms. The van der Waals surface area contributed by atoms with Gasteiger partial charge in [-0.05, 0) is 163 Å². The van der Waals surface area contributed by atoms with Crippen molar-refractivity contribution in [2.45, 2.75) is 155 Å². The second-order valence-electron chi connectivity index (χ2n) is 20.6. The minimum atomic E-state index is -5.21. The number of carbonyl (C=O) groups is 2. The molecule has 0 amide bonds. The van der Waals surface area contributed by atoms with Gasteiger partial charge in [-0.3, -0.25) is 32.0 Å². The van der Waals surface area contributed by atoms with Gasteiger partial charge in [0.05, 0.1) is 39.5 Å². The maximum Gasteiger partial charge on any atom is 0.405 e. The summed E-state index contributed by atoms with van der Waals surface area (Å²) in [6.07, 6.45) is -0.874. The van der Waals surface area contributed by atoms with Crippen LogP contribution in [0.15, 0.2) is 97.1 Å². The first-order valence-electron chi connectivity index (χ1n) is 21.5. The molecule has 0 aliphatic heterocycles. The van der Waals surface area contributed by atoms with Gasteiger partial charge >= 0.3 is 32.5 Å². The third-order valence-electron chi connectivity index (χ3n) is 9.44. The van der Waals surface area contributed by atoms with Crippen LogP contribution in [0.1, 0.15) is 145 Å². The van der Waals surface area contributed by atoms with Crippen LogP contribution in [0.2, 0.25) is 0 Å². The van der Waals surface area contributed by atoms with Crippen LogP contribution in [0.25, 0.3) is 0 Å². The summed E-state index contributed by atoms with van der Waals surface area (Å²) in [7, 11) is -10.4. The van der Waals surface area contributed by atoms with Crippen molar-refractivity contribution < 1.29 is 63.5 Å². The Kier molecular flexibility index (Phi) is 16.1. The molecule has 16 heteroatoms. The summed E-state index contributed by atoms with van der Waals surface area (Å²) in [4.78, 5) is 28.1. The number of rotatable bonds is 17. The zero-order valence-electron chi connectivity index (χ0n) is 40.2. The number of hydrogen-bond donors (Lipinski definition) is 0. The normalized spacial score (nSPS) is 13.8. The summed E-state index contributed by atoms with van der Waals surface area (Å²) >= 11 is 0. The Hall–Kier alpha value is -4.03. The van der Waals surface area contributed by atoms with E-state index in [1.165, 1.54) is 144 Å². The van der Waals surface area contributed by atoms with Crippen molar-refractivity contribution in [3.63, 3.8) is 0 Å². The summed E-state index contributed by atoms with van der Waals surface area (Å²) in [5, 5.41) is 0. The summed E-state index contributed by atoms with van der Waals surface area (Å²) in [6.45, 7) is 21.1. The van der Waals surface area contributed by atoms with Gasteiger partial charge in [0, 0.05) is 16.7 Å². The van der Waals surface area contributed by atoms with Crippen molar-refractivity contribution in [1.29, 1.82) is 0 Å². The summed E-state index contributed by atoms with van der Waals surface area (Å²) in [5.41, 5.74) is -15.3. The van der Waals surface area contributed by atoms with Gasteiger partial charge in [0.2, 0.25) is 0 Å². The molecule has 0 fully saturated rings. The average Bonchev–Trinajstić information content (AvgIpc) is 3.15. The van der Waals surface area contributed by atoms with Crippen molar-refractivity contribution in [2.75, 3.05) is 0 Å². The molecular formula is C50H63F5O9P2. The lowest BCUT2D eigenvalue weighted by Crippen LogP contribution is -2.41. The lowest BCUT2D eigenvalue weighted by molar-refractivity contribution is -0.0216.